The number of rotatable bonds is 4. The second-order valence-electron chi connectivity index (χ2n) is 5.65. The van der Waals surface area contributed by atoms with E-state index >= 15 is 0 Å². The summed E-state index contributed by atoms with van der Waals surface area (Å²) in [5.74, 6) is 0. The van der Waals surface area contributed by atoms with Crippen LogP contribution in [-0.4, -0.2) is 11.2 Å². The molecule has 0 unspecified atom stereocenters. The van der Waals surface area contributed by atoms with E-state index in [0.29, 0.717) is 0 Å². The summed E-state index contributed by atoms with van der Waals surface area (Å²) in [6.45, 7) is 4.27. The first-order valence-electron chi connectivity index (χ1n) is 7.81. The van der Waals surface area contributed by atoms with Crippen LogP contribution in [0.15, 0.2) is 77.9 Å². The van der Waals surface area contributed by atoms with Crippen molar-refractivity contribution in [1.82, 2.24) is 4.98 Å². The van der Waals surface area contributed by atoms with Gasteiger partial charge in [0.05, 0.1) is 5.69 Å². The molecule has 0 fully saturated rings. The maximum atomic E-state index is 4.87. The predicted octanol–water partition coefficient (Wildman–Crippen LogP) is 4.91. The summed E-state index contributed by atoms with van der Waals surface area (Å²) in [5, 5.41) is 0. The molecule has 0 aliphatic heterocycles. The molecule has 0 N–H and O–H groups in total. The SMILES string of the molecule is Cc1ccccc1C(/N=C/c1ccccn1)c1ccccc1C. The molecule has 3 aromatic rings. The summed E-state index contributed by atoms with van der Waals surface area (Å²) in [6.07, 6.45) is 3.65. The van der Waals surface area contributed by atoms with E-state index in [1.54, 1.807) is 6.20 Å². The Balaban J connectivity index is 2.06. The minimum Gasteiger partial charge on any atom is -0.278 e. The Morgan fingerprint density at radius 3 is 1.87 bits per heavy atom. The number of aliphatic imine (C=N–C) groups is 1. The minimum absolute atomic E-state index is 0.0144. The van der Waals surface area contributed by atoms with Crippen LogP contribution < -0.4 is 0 Å². The van der Waals surface area contributed by atoms with Gasteiger partial charge in [0.15, 0.2) is 0 Å². The number of aryl methyl sites for hydroxylation is 2. The fraction of sp³-hybridized carbons (Fsp3) is 0.143. The van der Waals surface area contributed by atoms with Crippen LogP contribution >= 0.6 is 0 Å². The molecule has 1 heterocycles. The van der Waals surface area contributed by atoms with E-state index in [4.69, 9.17) is 4.99 Å². The van der Waals surface area contributed by atoms with Crippen LogP contribution in [-0.2, 0) is 0 Å². The molecule has 0 saturated heterocycles. The van der Waals surface area contributed by atoms with E-state index in [-0.39, 0.29) is 6.04 Å². The number of benzene rings is 2. The lowest BCUT2D eigenvalue weighted by molar-refractivity contribution is 0.858. The lowest BCUT2D eigenvalue weighted by atomic mass is 9.93. The van der Waals surface area contributed by atoms with Crippen LogP contribution in [0.2, 0.25) is 0 Å². The maximum Gasteiger partial charge on any atom is 0.100 e. The first-order valence-corrected chi connectivity index (χ1v) is 7.81. The van der Waals surface area contributed by atoms with Crippen LogP contribution in [0.4, 0.5) is 0 Å². The van der Waals surface area contributed by atoms with Gasteiger partial charge in [-0.2, -0.15) is 0 Å². The fourth-order valence-electron chi connectivity index (χ4n) is 2.72. The molecule has 2 heteroatoms. The van der Waals surface area contributed by atoms with Gasteiger partial charge in [-0.25, -0.2) is 0 Å². The average molecular weight is 300 g/mol. The first kappa shape index (κ1) is 15.2. The van der Waals surface area contributed by atoms with E-state index in [1.165, 1.54) is 22.3 Å². The van der Waals surface area contributed by atoms with Gasteiger partial charge in [0, 0.05) is 12.4 Å². The van der Waals surface area contributed by atoms with E-state index in [9.17, 15) is 0 Å². The topological polar surface area (TPSA) is 25.2 Å². The van der Waals surface area contributed by atoms with Crippen LogP contribution in [0.25, 0.3) is 0 Å². The van der Waals surface area contributed by atoms with Gasteiger partial charge in [-0.15, -0.1) is 0 Å². The zero-order chi connectivity index (χ0) is 16.1. The highest BCUT2D eigenvalue weighted by Gasteiger charge is 2.16. The predicted molar refractivity (Wildman–Crippen MR) is 96.0 cm³/mol. The maximum absolute atomic E-state index is 4.87. The lowest BCUT2D eigenvalue weighted by Gasteiger charge is -2.18. The molecule has 2 aromatic carbocycles. The molecule has 0 spiro atoms. The van der Waals surface area contributed by atoms with Crippen LogP contribution in [0.5, 0.6) is 0 Å². The third-order valence-corrected chi connectivity index (χ3v) is 4.01. The van der Waals surface area contributed by atoms with Crippen molar-refractivity contribution in [1.29, 1.82) is 0 Å². The van der Waals surface area contributed by atoms with E-state index in [0.717, 1.165) is 5.69 Å². The van der Waals surface area contributed by atoms with Gasteiger partial charge in [0.25, 0.3) is 0 Å². The van der Waals surface area contributed by atoms with Gasteiger partial charge in [-0.3, -0.25) is 9.98 Å². The van der Waals surface area contributed by atoms with E-state index in [1.807, 2.05) is 24.4 Å². The van der Waals surface area contributed by atoms with Crippen molar-refractivity contribution in [2.75, 3.05) is 0 Å². The van der Waals surface area contributed by atoms with Crippen molar-refractivity contribution in [3.63, 3.8) is 0 Å². The van der Waals surface area contributed by atoms with E-state index < -0.39 is 0 Å². The zero-order valence-corrected chi connectivity index (χ0v) is 13.5. The third-order valence-electron chi connectivity index (χ3n) is 4.01. The summed E-state index contributed by atoms with van der Waals surface area (Å²) in [7, 11) is 0. The van der Waals surface area contributed by atoms with Gasteiger partial charge in [0.1, 0.15) is 6.04 Å². The van der Waals surface area contributed by atoms with Gasteiger partial charge < -0.3 is 0 Å². The van der Waals surface area contributed by atoms with Crippen molar-refractivity contribution in [2.24, 2.45) is 4.99 Å². The zero-order valence-electron chi connectivity index (χ0n) is 13.5. The van der Waals surface area contributed by atoms with E-state index in [2.05, 4.69) is 67.4 Å². The molecule has 0 saturated carbocycles. The Labute approximate surface area is 137 Å². The number of hydrogen-bond donors (Lipinski definition) is 0. The van der Waals surface area contributed by atoms with Gasteiger partial charge in [0.2, 0.25) is 0 Å². The normalized spacial score (nSPS) is 11.3. The number of nitrogens with zero attached hydrogens (tertiary/aromatic N) is 2. The minimum atomic E-state index is -0.0144. The Morgan fingerprint density at radius 1 is 0.783 bits per heavy atom. The Hall–Kier alpha value is -2.74. The largest absolute Gasteiger partial charge is 0.278 e. The van der Waals surface area contributed by atoms with Gasteiger partial charge >= 0.3 is 0 Å². The molecule has 23 heavy (non-hydrogen) atoms. The summed E-state index contributed by atoms with van der Waals surface area (Å²) >= 11 is 0. The second kappa shape index (κ2) is 7.01. The van der Waals surface area contributed by atoms with Crippen molar-refractivity contribution in [3.8, 4) is 0 Å². The van der Waals surface area contributed by atoms with Crippen molar-refractivity contribution < 1.29 is 0 Å². The summed E-state index contributed by atoms with van der Waals surface area (Å²) < 4.78 is 0. The highest BCUT2D eigenvalue weighted by atomic mass is 14.8. The molecule has 0 aliphatic rings. The second-order valence-corrected chi connectivity index (χ2v) is 5.65. The van der Waals surface area contributed by atoms with Crippen LogP contribution in [0.1, 0.15) is 34.0 Å². The standard InChI is InChI=1S/C21H20N2/c1-16-9-3-5-12-19(16)21(20-13-6-4-10-17(20)2)23-15-18-11-7-8-14-22-18/h3-15,21H,1-2H3/b23-15+. The Morgan fingerprint density at radius 2 is 1.35 bits per heavy atom. The van der Waals surface area contributed by atoms with Gasteiger partial charge in [-0.05, 0) is 48.2 Å². The molecule has 0 bridgehead atoms. The molecule has 3 rings (SSSR count). The Kier molecular flexibility index (Phi) is 4.62. The summed E-state index contributed by atoms with van der Waals surface area (Å²) in [4.78, 5) is 9.20. The van der Waals surface area contributed by atoms with Crippen molar-refractivity contribution in [2.45, 2.75) is 19.9 Å². The summed E-state index contributed by atoms with van der Waals surface area (Å²) in [5.41, 5.74) is 5.83. The van der Waals surface area contributed by atoms with Crippen LogP contribution in [0, 0.1) is 13.8 Å². The van der Waals surface area contributed by atoms with Crippen molar-refractivity contribution >= 4 is 6.21 Å². The molecular formula is C21H20N2. The average Bonchev–Trinajstić information content (AvgIpc) is 2.59. The van der Waals surface area contributed by atoms with Crippen molar-refractivity contribution in [3.05, 3.63) is 101 Å². The highest BCUT2D eigenvalue weighted by Crippen LogP contribution is 2.30. The number of pyridine rings is 1. The van der Waals surface area contributed by atoms with Crippen LogP contribution in [0.3, 0.4) is 0 Å². The first-order chi connectivity index (χ1) is 11.3. The Bertz CT molecular complexity index is 761. The monoisotopic (exact) mass is 300 g/mol. The lowest BCUT2D eigenvalue weighted by Crippen LogP contribution is -2.03. The third kappa shape index (κ3) is 3.54. The number of hydrogen-bond acceptors (Lipinski definition) is 2. The number of aromatic nitrogens is 1. The molecule has 0 atom stereocenters. The highest BCUT2D eigenvalue weighted by molar-refractivity contribution is 5.77. The molecule has 114 valence electrons. The smallest absolute Gasteiger partial charge is 0.100 e. The molecule has 1 aromatic heterocycles. The molecule has 0 aliphatic carbocycles. The molecule has 2 nitrogen and oxygen atoms in total. The fourth-order valence-corrected chi connectivity index (χ4v) is 2.72. The molecule has 0 radical (unpaired) electrons. The summed E-state index contributed by atoms with van der Waals surface area (Å²) in [6, 6.07) is 22.7. The van der Waals surface area contributed by atoms with Gasteiger partial charge in [-0.1, -0.05) is 54.6 Å². The molecular weight excluding hydrogens is 280 g/mol. The molecule has 0 amide bonds. The quantitative estimate of drug-likeness (QED) is 0.629.